The van der Waals surface area contributed by atoms with Gasteiger partial charge in [-0.2, -0.15) is 0 Å². The van der Waals surface area contributed by atoms with E-state index < -0.39 is 62.6 Å². The van der Waals surface area contributed by atoms with Crippen molar-refractivity contribution in [1.82, 2.24) is 20.6 Å². The fraction of sp³-hybridized carbons (Fsp3) is 0.125. The molecular formula is C64H55ClF2N8O14S4. The van der Waals surface area contributed by atoms with E-state index in [4.69, 9.17) is 23.4 Å². The molecule has 2 amide bonds. The van der Waals surface area contributed by atoms with Crippen LogP contribution in [0.4, 0.5) is 31.5 Å². The summed E-state index contributed by atoms with van der Waals surface area (Å²) in [5.74, 6) is -0.701. The molecular weight excluding hydrogens is 1310 g/mol. The molecule has 0 fully saturated rings. The van der Waals surface area contributed by atoms with Gasteiger partial charge in [0.25, 0.3) is 11.8 Å². The van der Waals surface area contributed by atoms with Gasteiger partial charge < -0.3 is 34.0 Å². The third-order valence-electron chi connectivity index (χ3n) is 14.4. The first-order chi connectivity index (χ1) is 43.7. The Morgan fingerprint density at radius 2 is 0.871 bits per heavy atom. The molecule has 12 rings (SSSR count). The maximum absolute atomic E-state index is 13.7. The minimum absolute atomic E-state index is 0.199. The molecule has 22 nitrogen and oxygen atoms in total. The maximum Gasteiger partial charge on any atom is 0.255 e. The van der Waals surface area contributed by atoms with Crippen LogP contribution in [-0.2, 0) is 39.1 Å². The van der Waals surface area contributed by atoms with Crippen LogP contribution in [0.2, 0.25) is 0 Å². The molecule has 0 unspecified atom stereocenters. The molecule has 5 N–H and O–H groups in total. The van der Waals surface area contributed by atoms with E-state index in [1.165, 1.54) is 82.8 Å². The van der Waals surface area contributed by atoms with Crippen LogP contribution in [0.5, 0.6) is 0 Å². The Morgan fingerprint density at radius 1 is 0.484 bits per heavy atom. The normalized spacial score (nSPS) is 11.9. The summed E-state index contributed by atoms with van der Waals surface area (Å²) in [6, 6.07) is 41.9. The topological polar surface area (TPSA) is 318 Å². The third-order valence-corrected chi connectivity index (χ3v) is 17.3. The maximum atomic E-state index is 13.7. The van der Waals surface area contributed by atoms with Crippen LogP contribution in [0.1, 0.15) is 20.7 Å². The number of nitrogen functional groups attached to an aromatic ring is 1. The monoisotopic (exact) mass is 1360 g/mol. The van der Waals surface area contributed by atoms with Gasteiger partial charge in [0.1, 0.15) is 45.4 Å². The van der Waals surface area contributed by atoms with Gasteiger partial charge in [-0.1, -0.05) is 24.3 Å². The van der Waals surface area contributed by atoms with Crippen LogP contribution < -0.4 is 29.7 Å². The molecule has 4 aromatic heterocycles. The van der Waals surface area contributed by atoms with E-state index in [2.05, 4.69) is 36.0 Å². The number of carbonyl (C=O) groups is 2. The number of fused-ring (bicyclic) bond motifs is 4. The average Bonchev–Trinajstić information content (AvgIpc) is 1.68. The number of nitrogens with zero attached hydrogens (tertiary/aromatic N) is 4. The van der Waals surface area contributed by atoms with Crippen molar-refractivity contribution < 1.29 is 69.7 Å². The number of benzene rings is 8. The van der Waals surface area contributed by atoms with Crippen molar-refractivity contribution in [2.24, 2.45) is 0 Å². The van der Waals surface area contributed by atoms with Crippen molar-refractivity contribution in [3.8, 4) is 67.8 Å². The number of oxazole rings is 2. The zero-order chi connectivity index (χ0) is 67.2. The number of sulfonamides is 3. The van der Waals surface area contributed by atoms with Crippen LogP contribution in [0, 0.1) is 11.6 Å². The zero-order valence-electron chi connectivity index (χ0n) is 50.4. The number of amides is 2. The van der Waals surface area contributed by atoms with E-state index in [1.54, 1.807) is 84.9 Å². The standard InChI is InChI=1S/C32H27FN4O7S2.C31H25FN4O5S.CH3ClO2S/c1-34-31(38)29-24-16-23(26(37(2)46(4,41)42)17-27(24)43-30(29)18-8-10-21(33)11-9-18)19-6-5-7-20(14-19)32-35-25-13-12-22(15-28(25)44-32)36-45(3,39)40;1-34-30(37)28-23-15-22(18-5-4-6-19(13-18)31-35-24-12-11-21(33)14-27(24)41-31)25(36(2)42(3,38)39)16-26(23)40-29(28)17-7-9-20(32)10-8-17;1-5(2,3)4/h5-17,36H,1-4H3,(H,34,38);4-16H,33H2,1-3H3,(H,34,37);1H3. The molecule has 8 aromatic carbocycles. The first-order valence-electron chi connectivity index (χ1n) is 27.5. The predicted molar refractivity (Wildman–Crippen MR) is 357 cm³/mol. The molecule has 0 saturated carbocycles. The summed E-state index contributed by atoms with van der Waals surface area (Å²) < 4.78 is 149. The number of hydrogen-bond donors (Lipinski definition) is 4. The Bertz CT molecular complexity index is 5420. The molecule has 0 radical (unpaired) electrons. The molecule has 0 aliphatic carbocycles. The fourth-order valence-corrected chi connectivity index (χ4v) is 11.5. The lowest BCUT2D eigenvalue weighted by Gasteiger charge is -2.21. The van der Waals surface area contributed by atoms with Crippen molar-refractivity contribution in [2.75, 3.05) is 72.3 Å². The Morgan fingerprint density at radius 3 is 1.26 bits per heavy atom. The molecule has 29 heteroatoms. The number of hydrogen-bond acceptors (Lipinski definition) is 17. The van der Waals surface area contributed by atoms with Gasteiger partial charge in [0, 0.05) is 113 Å². The van der Waals surface area contributed by atoms with Crippen LogP contribution in [-0.4, -0.2) is 109 Å². The Labute approximate surface area is 536 Å². The lowest BCUT2D eigenvalue weighted by atomic mass is 9.97. The van der Waals surface area contributed by atoms with Crippen LogP contribution >= 0.6 is 10.7 Å². The zero-order valence-corrected chi connectivity index (χ0v) is 54.4. The van der Waals surface area contributed by atoms with Crippen molar-refractivity contribution in [1.29, 1.82) is 0 Å². The van der Waals surface area contributed by atoms with E-state index in [0.717, 1.165) is 33.6 Å². The molecule has 4 heterocycles. The minimum atomic E-state index is -3.74. The van der Waals surface area contributed by atoms with Crippen molar-refractivity contribution in [3.05, 3.63) is 180 Å². The first-order valence-corrected chi connectivity index (χ1v) is 35.8. The highest BCUT2D eigenvalue weighted by Gasteiger charge is 2.29. The number of aromatic nitrogens is 2. The van der Waals surface area contributed by atoms with Crippen LogP contribution in [0.15, 0.2) is 175 Å². The number of carbonyl (C=O) groups excluding carboxylic acids is 2. The van der Waals surface area contributed by atoms with Crippen molar-refractivity contribution in [2.45, 2.75) is 0 Å². The second-order valence-electron chi connectivity index (χ2n) is 21.1. The highest BCUT2D eigenvalue weighted by Crippen LogP contribution is 2.45. The Balaban J connectivity index is 0.000000190. The number of furan rings is 2. The molecule has 93 heavy (non-hydrogen) atoms. The second-order valence-corrected chi connectivity index (χ2v) is 30.0. The molecule has 0 aliphatic heterocycles. The van der Waals surface area contributed by atoms with E-state index in [1.807, 2.05) is 18.2 Å². The fourth-order valence-electron chi connectivity index (χ4n) is 9.94. The average molecular weight is 1360 g/mol. The number of halogens is 3. The third kappa shape index (κ3) is 14.6. The summed E-state index contributed by atoms with van der Waals surface area (Å²) in [6.45, 7) is 0. The van der Waals surface area contributed by atoms with Gasteiger partial charge in [-0.25, -0.2) is 52.4 Å². The summed E-state index contributed by atoms with van der Waals surface area (Å²) in [5.41, 5.74) is 14.8. The second kappa shape index (κ2) is 25.5. The largest absolute Gasteiger partial charge is 0.455 e. The van der Waals surface area contributed by atoms with Crippen molar-refractivity contribution in [3.63, 3.8) is 0 Å². The highest BCUT2D eigenvalue weighted by atomic mass is 35.7. The number of nitrogens with two attached hydrogens (primary N) is 1. The molecule has 0 saturated heterocycles. The molecule has 0 bridgehead atoms. The van der Waals surface area contributed by atoms with Gasteiger partial charge in [-0.15, -0.1) is 0 Å². The summed E-state index contributed by atoms with van der Waals surface area (Å²) in [6.07, 6.45) is 4.15. The van der Waals surface area contributed by atoms with Crippen LogP contribution in [0.25, 0.3) is 112 Å². The Hall–Kier alpha value is -10.1. The summed E-state index contributed by atoms with van der Waals surface area (Å²) in [7, 11) is -3.79. The van der Waals surface area contributed by atoms with Gasteiger partial charge in [0.05, 0.1) is 53.2 Å². The first kappa shape index (κ1) is 65.8. The van der Waals surface area contributed by atoms with E-state index in [-0.39, 0.29) is 45.4 Å². The number of anilines is 4. The van der Waals surface area contributed by atoms with Gasteiger partial charge in [0.2, 0.25) is 50.9 Å². The SMILES string of the molecule is CNC(=O)c1c(-c2ccc(F)cc2)oc2cc(N(C)S(C)(=O)=O)c(-c3cccc(-c4nc5ccc(N)cc5o4)c3)cc12.CNC(=O)c1c(-c2ccc(F)cc2)oc2cc(N(C)S(C)(=O)=O)c(-c3cccc(-c4nc5ccc(NS(C)(=O)=O)cc5o4)c3)cc12.CS(=O)(=O)Cl. The van der Waals surface area contributed by atoms with Crippen molar-refractivity contribution >= 4 is 129 Å². The Kier molecular flexibility index (Phi) is 18.1. The molecule has 0 aliphatic rings. The smallest absolute Gasteiger partial charge is 0.255 e. The van der Waals surface area contributed by atoms with Gasteiger partial charge >= 0.3 is 0 Å². The number of rotatable bonds is 14. The molecule has 0 atom stereocenters. The quantitative estimate of drug-likeness (QED) is 0.0580. The van der Waals surface area contributed by atoms with Gasteiger partial charge in [-0.05, 0) is 120 Å². The highest BCUT2D eigenvalue weighted by molar-refractivity contribution is 8.13. The summed E-state index contributed by atoms with van der Waals surface area (Å²) >= 11 is 0. The van der Waals surface area contributed by atoms with E-state index >= 15 is 0 Å². The molecule has 0 spiro atoms. The van der Waals surface area contributed by atoms with E-state index in [0.29, 0.717) is 100 Å². The molecule has 12 aromatic rings. The summed E-state index contributed by atoms with van der Waals surface area (Å²) in [5, 5.41) is 6.13. The van der Waals surface area contributed by atoms with Crippen LogP contribution in [0.3, 0.4) is 0 Å². The number of nitrogens with one attached hydrogen (secondary N) is 3. The summed E-state index contributed by atoms with van der Waals surface area (Å²) in [4.78, 5) is 35.5. The minimum Gasteiger partial charge on any atom is -0.455 e. The van der Waals surface area contributed by atoms with Gasteiger partial charge in [-0.3, -0.25) is 22.9 Å². The lowest BCUT2D eigenvalue weighted by Crippen LogP contribution is -2.25. The lowest BCUT2D eigenvalue weighted by molar-refractivity contribution is 0.0956. The molecule has 480 valence electrons. The predicted octanol–water partition coefficient (Wildman–Crippen LogP) is 12.1. The van der Waals surface area contributed by atoms with E-state index in [9.17, 15) is 52.0 Å². The van der Waals surface area contributed by atoms with Gasteiger partial charge in [0.15, 0.2) is 11.2 Å².